The van der Waals surface area contributed by atoms with E-state index in [0.717, 1.165) is 59.6 Å². The maximum absolute atomic E-state index is 4.69. The molecule has 2 nitrogen and oxygen atoms in total. The molecule has 0 bridgehead atoms. The van der Waals surface area contributed by atoms with Crippen LogP contribution in [0.3, 0.4) is 0 Å². The topological polar surface area (TPSA) is 8.17 Å². The van der Waals surface area contributed by atoms with E-state index in [4.69, 9.17) is 0 Å². The second-order valence-electron chi connectivity index (χ2n) is 16.4. The number of allylic oxidation sites excluding steroid dienone is 4. The number of hydrogen-bond acceptors (Lipinski definition) is 1. The summed E-state index contributed by atoms with van der Waals surface area (Å²) >= 11 is 0. The van der Waals surface area contributed by atoms with Crippen molar-refractivity contribution in [1.29, 1.82) is 0 Å². The van der Waals surface area contributed by atoms with Crippen LogP contribution in [0.1, 0.15) is 49.3 Å². The van der Waals surface area contributed by atoms with Crippen molar-refractivity contribution in [3.8, 4) is 16.8 Å². The van der Waals surface area contributed by atoms with Crippen LogP contribution in [-0.4, -0.2) is 4.57 Å². The minimum absolute atomic E-state index is 1.01. The molecule has 61 heavy (non-hydrogen) atoms. The molecule has 0 spiro atoms. The van der Waals surface area contributed by atoms with Gasteiger partial charge in [-0.2, -0.15) is 0 Å². The maximum atomic E-state index is 4.69. The zero-order valence-electron chi connectivity index (χ0n) is 34.5. The van der Waals surface area contributed by atoms with Gasteiger partial charge in [-0.25, -0.2) is 0 Å². The molecular weight excluding hydrogens is 737 g/mol. The van der Waals surface area contributed by atoms with Crippen molar-refractivity contribution in [2.45, 2.75) is 32.6 Å². The second kappa shape index (κ2) is 15.3. The van der Waals surface area contributed by atoms with E-state index in [9.17, 15) is 0 Å². The van der Waals surface area contributed by atoms with E-state index in [1.807, 2.05) is 0 Å². The van der Waals surface area contributed by atoms with Crippen molar-refractivity contribution in [3.63, 3.8) is 0 Å². The van der Waals surface area contributed by atoms with E-state index in [0.29, 0.717) is 0 Å². The second-order valence-corrected chi connectivity index (χ2v) is 16.4. The molecule has 0 saturated carbocycles. The molecule has 2 aliphatic rings. The zero-order chi connectivity index (χ0) is 40.9. The summed E-state index contributed by atoms with van der Waals surface area (Å²) in [6.45, 7) is 6.95. The lowest BCUT2D eigenvalue weighted by Gasteiger charge is -2.27. The third-order valence-electron chi connectivity index (χ3n) is 12.8. The van der Waals surface area contributed by atoms with E-state index in [1.54, 1.807) is 0 Å². The van der Waals surface area contributed by atoms with Crippen LogP contribution in [0.2, 0.25) is 0 Å². The van der Waals surface area contributed by atoms with Gasteiger partial charge in [-0.1, -0.05) is 158 Å². The Labute approximate surface area is 357 Å². The Kier molecular flexibility index (Phi) is 9.20. The lowest BCUT2D eigenvalue weighted by molar-refractivity contribution is 1.02. The summed E-state index contributed by atoms with van der Waals surface area (Å²) in [5.74, 6) is 0. The van der Waals surface area contributed by atoms with E-state index in [-0.39, 0.29) is 0 Å². The number of hydrogen-bond donors (Lipinski definition) is 0. The Morgan fingerprint density at radius 3 is 2.18 bits per heavy atom. The predicted molar refractivity (Wildman–Crippen MR) is 261 cm³/mol. The van der Waals surface area contributed by atoms with Gasteiger partial charge in [-0.05, 0) is 142 Å². The number of rotatable bonds is 8. The number of fused-ring (bicyclic) bond motifs is 5. The van der Waals surface area contributed by atoms with Gasteiger partial charge in [0.05, 0.1) is 11.2 Å². The molecule has 0 aliphatic heterocycles. The monoisotopic (exact) mass is 782 g/mol. The number of aromatic nitrogens is 1. The predicted octanol–water partition coefficient (Wildman–Crippen LogP) is 14.6. The maximum Gasteiger partial charge on any atom is 0.0547 e. The molecule has 1 aromatic heterocycles. The molecule has 0 atom stereocenters. The van der Waals surface area contributed by atoms with E-state index in [1.165, 1.54) is 76.4 Å². The summed E-state index contributed by atoms with van der Waals surface area (Å²) in [5, 5.41) is 8.78. The van der Waals surface area contributed by atoms with Gasteiger partial charge in [0.25, 0.3) is 0 Å². The van der Waals surface area contributed by atoms with Gasteiger partial charge < -0.3 is 9.47 Å². The first-order valence-corrected chi connectivity index (χ1v) is 21.6. The first kappa shape index (κ1) is 36.6. The summed E-state index contributed by atoms with van der Waals surface area (Å²) in [6, 6.07) is 64.5. The highest BCUT2D eigenvalue weighted by molar-refractivity contribution is 6.01. The highest BCUT2D eigenvalue weighted by Crippen LogP contribution is 2.43. The van der Waals surface area contributed by atoms with Crippen LogP contribution >= 0.6 is 0 Å². The summed E-state index contributed by atoms with van der Waals surface area (Å²) in [4.78, 5) is 2.41. The summed E-state index contributed by atoms with van der Waals surface area (Å²) in [6.07, 6.45) is 13.6. The molecular formula is C59H46N2. The molecule has 1 heterocycles. The van der Waals surface area contributed by atoms with Crippen molar-refractivity contribution < 1.29 is 0 Å². The largest absolute Gasteiger partial charge is 0.310 e. The minimum atomic E-state index is 1.01. The fraction of sp³-hybridized carbons (Fsp3) is 0.0847. The van der Waals surface area contributed by atoms with Gasteiger partial charge in [0.15, 0.2) is 0 Å². The van der Waals surface area contributed by atoms with Crippen LogP contribution in [0.5, 0.6) is 0 Å². The van der Waals surface area contributed by atoms with Crippen LogP contribution in [0.25, 0.3) is 72.6 Å². The van der Waals surface area contributed by atoms with Crippen molar-refractivity contribution >= 4 is 72.8 Å². The lowest BCUT2D eigenvalue weighted by atomic mass is 9.81. The number of nitrogens with zero attached hydrogens (tertiary/aromatic N) is 2. The van der Waals surface area contributed by atoms with Gasteiger partial charge >= 0.3 is 0 Å². The lowest BCUT2D eigenvalue weighted by Crippen LogP contribution is -2.30. The van der Waals surface area contributed by atoms with Crippen LogP contribution in [0.15, 0.2) is 200 Å². The summed E-state index contributed by atoms with van der Waals surface area (Å²) < 4.78 is 2.49. The molecule has 0 fully saturated rings. The Hall–Kier alpha value is -7.42. The van der Waals surface area contributed by atoms with Gasteiger partial charge in [0.1, 0.15) is 0 Å². The standard InChI is InChI=1S/C59H46N2/c1-40-16-6-10-23-50(40)59-51(41(2)42-17-4-3-5-18-42)26-15-27-53(59)46-31-37-55-54-25-12-13-28-57(54)61(58(55)39-46)48-35-33-47(34-36-48)60(49-32-30-43-19-7-8-21-45(43)38-49)56-29-14-22-44-20-9-11-24-52(44)56/h3-9,11,14-22,24-39H,2,10,12-13,23H2,1H3. The fourth-order valence-electron chi connectivity index (χ4n) is 9.81. The summed E-state index contributed by atoms with van der Waals surface area (Å²) in [5.41, 5.74) is 15.7. The highest BCUT2D eigenvalue weighted by atomic mass is 15.1. The first-order chi connectivity index (χ1) is 30.1. The van der Waals surface area contributed by atoms with Gasteiger partial charge in [-0.15, -0.1) is 0 Å². The van der Waals surface area contributed by atoms with Crippen LogP contribution in [-0.2, 0) is 0 Å². The van der Waals surface area contributed by atoms with Crippen LogP contribution in [0.4, 0.5) is 17.1 Å². The average molecular weight is 783 g/mol. The van der Waals surface area contributed by atoms with Crippen molar-refractivity contribution in [2.75, 3.05) is 4.90 Å². The SMILES string of the molecule is C=C(c1ccccc1)c1cccc(-c2ccc3c4c(n(-c5ccc(N(c6ccc7ccccc7c6)c6cccc7ccccc67)cc5)c3c2)=CCCC=4)c1C1=C(C)C=CCC1. The zero-order valence-corrected chi connectivity index (χ0v) is 34.5. The quantitative estimate of drug-likeness (QED) is 0.149. The molecule has 9 aromatic rings. The van der Waals surface area contributed by atoms with Gasteiger partial charge in [-0.3, -0.25) is 0 Å². The third-order valence-corrected chi connectivity index (χ3v) is 12.8. The molecule has 292 valence electrons. The van der Waals surface area contributed by atoms with Crippen molar-refractivity contribution in [2.24, 2.45) is 0 Å². The smallest absolute Gasteiger partial charge is 0.0547 e. The Balaban J connectivity index is 1.08. The van der Waals surface area contributed by atoms with Crippen molar-refractivity contribution in [1.82, 2.24) is 4.57 Å². The Morgan fingerprint density at radius 2 is 1.33 bits per heavy atom. The molecule has 0 radical (unpaired) electrons. The van der Waals surface area contributed by atoms with Gasteiger partial charge in [0.2, 0.25) is 0 Å². The number of benzene rings is 8. The molecule has 11 rings (SSSR count). The Bertz CT molecular complexity index is 3370. The molecule has 2 heteroatoms. The molecule has 0 saturated heterocycles. The molecule has 0 N–H and O–H groups in total. The third kappa shape index (κ3) is 6.44. The highest BCUT2D eigenvalue weighted by Gasteiger charge is 2.22. The van der Waals surface area contributed by atoms with Crippen LogP contribution in [0, 0.1) is 0 Å². The van der Waals surface area contributed by atoms with Gasteiger partial charge in [0, 0.05) is 38.4 Å². The summed E-state index contributed by atoms with van der Waals surface area (Å²) in [7, 11) is 0. The van der Waals surface area contributed by atoms with Crippen molar-refractivity contribution in [3.05, 3.63) is 227 Å². The Morgan fingerprint density at radius 1 is 0.590 bits per heavy atom. The normalized spacial score (nSPS) is 13.6. The van der Waals surface area contributed by atoms with E-state index >= 15 is 0 Å². The van der Waals surface area contributed by atoms with E-state index in [2.05, 4.69) is 223 Å². The average Bonchev–Trinajstić information content (AvgIpc) is 3.65. The number of anilines is 3. The molecule has 8 aromatic carbocycles. The molecule has 0 amide bonds. The molecule has 0 unspecified atom stereocenters. The van der Waals surface area contributed by atoms with E-state index < -0.39 is 0 Å². The minimum Gasteiger partial charge on any atom is -0.310 e. The fourth-order valence-corrected chi connectivity index (χ4v) is 9.81. The molecule has 2 aliphatic carbocycles. The van der Waals surface area contributed by atoms with Crippen LogP contribution < -0.4 is 15.5 Å². The first-order valence-electron chi connectivity index (χ1n) is 21.6.